The highest BCUT2D eigenvalue weighted by molar-refractivity contribution is 5.70. The fourth-order valence-electron chi connectivity index (χ4n) is 3.21. The van der Waals surface area contributed by atoms with Crippen molar-refractivity contribution < 1.29 is 24.2 Å². The van der Waals surface area contributed by atoms with Crippen molar-refractivity contribution in [2.24, 2.45) is 0 Å². The van der Waals surface area contributed by atoms with E-state index in [9.17, 15) is 14.7 Å². The van der Waals surface area contributed by atoms with Crippen LogP contribution >= 0.6 is 0 Å². The molecule has 0 aromatic carbocycles. The quantitative estimate of drug-likeness (QED) is 0.106. The standard InChI is InChI=1S/C28H48O5/c1-3-5-7-9-10-11-12-13-14-15-16-17-18-19-21-23-28(31)33-26(24-29)25-32-27(30)22-20-8-6-4-2/h5,7,10-11,13-14,26,29H,3-4,6,8-9,12,15-25H2,1-2H3/b7-5-,11-10-,14-13-. The van der Waals surface area contributed by atoms with Gasteiger partial charge >= 0.3 is 11.9 Å². The van der Waals surface area contributed by atoms with Gasteiger partial charge in [0, 0.05) is 12.8 Å². The number of aliphatic hydroxyl groups excluding tert-OH is 1. The summed E-state index contributed by atoms with van der Waals surface area (Å²) in [6.45, 7) is 3.85. The minimum absolute atomic E-state index is 0.0753. The second kappa shape index (κ2) is 24.8. The number of rotatable bonds is 22. The van der Waals surface area contributed by atoms with Gasteiger partial charge in [0.05, 0.1) is 6.61 Å². The Morgan fingerprint density at radius 3 is 1.97 bits per heavy atom. The number of hydrogen-bond acceptors (Lipinski definition) is 5. The van der Waals surface area contributed by atoms with E-state index < -0.39 is 6.10 Å². The molecule has 0 aliphatic carbocycles. The van der Waals surface area contributed by atoms with E-state index in [0.717, 1.165) is 77.0 Å². The second-order valence-electron chi connectivity index (χ2n) is 8.39. The number of carbonyl (C=O) groups is 2. The van der Waals surface area contributed by atoms with Gasteiger partial charge in [-0.1, -0.05) is 88.8 Å². The van der Waals surface area contributed by atoms with E-state index >= 15 is 0 Å². The van der Waals surface area contributed by atoms with Gasteiger partial charge < -0.3 is 14.6 Å². The van der Waals surface area contributed by atoms with Crippen molar-refractivity contribution in [3.05, 3.63) is 36.5 Å². The summed E-state index contributed by atoms with van der Waals surface area (Å²) in [6, 6.07) is 0. The molecule has 0 saturated heterocycles. The van der Waals surface area contributed by atoms with Gasteiger partial charge in [-0.25, -0.2) is 0 Å². The largest absolute Gasteiger partial charge is 0.462 e. The molecule has 5 heteroatoms. The number of unbranched alkanes of at least 4 members (excludes halogenated alkanes) is 8. The fourth-order valence-corrected chi connectivity index (χ4v) is 3.21. The van der Waals surface area contributed by atoms with E-state index in [1.807, 2.05) is 0 Å². The summed E-state index contributed by atoms with van der Waals surface area (Å²) in [5.41, 5.74) is 0. The van der Waals surface area contributed by atoms with Crippen molar-refractivity contribution in [2.75, 3.05) is 13.2 Å². The molecule has 1 N–H and O–H groups in total. The van der Waals surface area contributed by atoms with Crippen LogP contribution in [-0.4, -0.2) is 36.4 Å². The molecule has 0 aromatic rings. The second-order valence-corrected chi connectivity index (χ2v) is 8.39. The Morgan fingerprint density at radius 1 is 0.727 bits per heavy atom. The molecule has 33 heavy (non-hydrogen) atoms. The Labute approximate surface area is 202 Å². The van der Waals surface area contributed by atoms with E-state index in [1.54, 1.807) is 0 Å². The molecule has 0 bridgehead atoms. The van der Waals surface area contributed by atoms with E-state index in [4.69, 9.17) is 9.47 Å². The Balaban J connectivity index is 3.65. The van der Waals surface area contributed by atoms with Crippen LogP contribution in [0.5, 0.6) is 0 Å². The number of hydrogen-bond donors (Lipinski definition) is 1. The zero-order chi connectivity index (χ0) is 24.4. The topological polar surface area (TPSA) is 72.8 Å². The zero-order valence-corrected chi connectivity index (χ0v) is 21.1. The van der Waals surface area contributed by atoms with Crippen molar-refractivity contribution in [2.45, 2.75) is 116 Å². The van der Waals surface area contributed by atoms with Crippen molar-refractivity contribution in [3.8, 4) is 0 Å². The normalized spacial score (nSPS) is 12.7. The lowest BCUT2D eigenvalue weighted by Crippen LogP contribution is -2.28. The molecule has 0 fully saturated rings. The molecular formula is C28H48O5. The molecule has 0 aromatic heterocycles. The Bertz CT molecular complexity index is 550. The maximum Gasteiger partial charge on any atom is 0.306 e. The monoisotopic (exact) mass is 464 g/mol. The van der Waals surface area contributed by atoms with Gasteiger partial charge in [0.1, 0.15) is 6.61 Å². The molecule has 0 saturated carbocycles. The first-order valence-corrected chi connectivity index (χ1v) is 13.0. The first kappa shape index (κ1) is 31.1. The highest BCUT2D eigenvalue weighted by atomic mass is 16.6. The maximum atomic E-state index is 11.9. The summed E-state index contributed by atoms with van der Waals surface area (Å²) in [6.07, 6.45) is 26.6. The molecule has 0 spiro atoms. The van der Waals surface area contributed by atoms with Crippen LogP contribution < -0.4 is 0 Å². The molecule has 0 rings (SSSR count). The van der Waals surface area contributed by atoms with E-state index in [-0.39, 0.29) is 25.2 Å². The summed E-state index contributed by atoms with van der Waals surface area (Å²) in [7, 11) is 0. The number of esters is 2. The van der Waals surface area contributed by atoms with Gasteiger partial charge in [-0.3, -0.25) is 9.59 Å². The van der Waals surface area contributed by atoms with Gasteiger partial charge in [0.25, 0.3) is 0 Å². The smallest absolute Gasteiger partial charge is 0.306 e. The highest BCUT2D eigenvalue weighted by Gasteiger charge is 2.15. The van der Waals surface area contributed by atoms with E-state index in [2.05, 4.69) is 50.3 Å². The molecule has 1 unspecified atom stereocenters. The molecule has 1 atom stereocenters. The molecular weight excluding hydrogens is 416 g/mol. The van der Waals surface area contributed by atoms with Gasteiger partial charge in [-0.05, 0) is 44.9 Å². The third-order valence-electron chi connectivity index (χ3n) is 5.20. The van der Waals surface area contributed by atoms with Crippen molar-refractivity contribution >= 4 is 11.9 Å². The molecule has 0 heterocycles. The van der Waals surface area contributed by atoms with Gasteiger partial charge in [0.15, 0.2) is 6.10 Å². The first-order valence-electron chi connectivity index (χ1n) is 13.0. The molecule has 0 radical (unpaired) electrons. The average Bonchev–Trinajstić information content (AvgIpc) is 2.81. The van der Waals surface area contributed by atoms with Gasteiger partial charge in [-0.15, -0.1) is 0 Å². The summed E-state index contributed by atoms with van der Waals surface area (Å²) in [5, 5.41) is 9.36. The number of ether oxygens (including phenoxy) is 2. The van der Waals surface area contributed by atoms with Crippen molar-refractivity contribution in [1.82, 2.24) is 0 Å². The number of carbonyl (C=O) groups excluding carboxylic acids is 2. The SMILES string of the molecule is CC/C=C\C/C=C\C/C=C\CCCCCCCC(=O)OC(CO)COC(=O)CCCCCC. The Morgan fingerprint density at radius 2 is 1.30 bits per heavy atom. The van der Waals surface area contributed by atoms with Crippen molar-refractivity contribution in [1.29, 1.82) is 0 Å². The predicted molar refractivity (Wildman–Crippen MR) is 136 cm³/mol. The number of allylic oxidation sites excluding steroid dienone is 6. The Kier molecular flexibility index (Phi) is 23.3. The summed E-state index contributed by atoms with van der Waals surface area (Å²) in [5.74, 6) is -0.638. The summed E-state index contributed by atoms with van der Waals surface area (Å²) in [4.78, 5) is 23.6. The average molecular weight is 465 g/mol. The predicted octanol–water partition coefficient (Wildman–Crippen LogP) is 6.99. The molecule has 0 aliphatic heterocycles. The fraction of sp³-hybridized carbons (Fsp3) is 0.714. The van der Waals surface area contributed by atoms with Crippen LogP contribution in [0.15, 0.2) is 36.5 Å². The van der Waals surface area contributed by atoms with Crippen LogP contribution in [0.25, 0.3) is 0 Å². The summed E-state index contributed by atoms with van der Waals surface area (Å²) >= 11 is 0. The minimum atomic E-state index is -0.772. The molecule has 5 nitrogen and oxygen atoms in total. The van der Waals surface area contributed by atoms with Crippen LogP contribution in [0, 0.1) is 0 Å². The van der Waals surface area contributed by atoms with Gasteiger partial charge in [0.2, 0.25) is 0 Å². The Hall–Kier alpha value is -1.88. The summed E-state index contributed by atoms with van der Waals surface area (Å²) < 4.78 is 10.3. The zero-order valence-electron chi connectivity index (χ0n) is 21.1. The van der Waals surface area contributed by atoms with E-state index in [0.29, 0.717) is 12.8 Å². The van der Waals surface area contributed by atoms with E-state index in [1.165, 1.54) is 6.42 Å². The maximum absolute atomic E-state index is 11.9. The third-order valence-corrected chi connectivity index (χ3v) is 5.20. The van der Waals surface area contributed by atoms with Crippen LogP contribution in [0.2, 0.25) is 0 Å². The van der Waals surface area contributed by atoms with Gasteiger partial charge in [-0.2, -0.15) is 0 Å². The lowest BCUT2D eigenvalue weighted by molar-refractivity contribution is -0.161. The lowest BCUT2D eigenvalue weighted by Gasteiger charge is -2.15. The first-order chi connectivity index (χ1) is 16.1. The van der Waals surface area contributed by atoms with Crippen LogP contribution in [0.3, 0.4) is 0 Å². The minimum Gasteiger partial charge on any atom is -0.462 e. The highest BCUT2D eigenvalue weighted by Crippen LogP contribution is 2.10. The van der Waals surface area contributed by atoms with Crippen LogP contribution in [-0.2, 0) is 19.1 Å². The molecule has 0 amide bonds. The lowest BCUT2D eigenvalue weighted by atomic mass is 10.1. The van der Waals surface area contributed by atoms with Crippen LogP contribution in [0.4, 0.5) is 0 Å². The molecule has 0 aliphatic rings. The van der Waals surface area contributed by atoms with Crippen LogP contribution in [0.1, 0.15) is 110 Å². The number of aliphatic hydroxyl groups is 1. The van der Waals surface area contributed by atoms with Crippen molar-refractivity contribution in [3.63, 3.8) is 0 Å². The molecule has 190 valence electrons. The third kappa shape index (κ3) is 23.1.